The van der Waals surface area contributed by atoms with Crippen molar-refractivity contribution in [3.05, 3.63) is 0 Å². The van der Waals surface area contributed by atoms with Crippen LogP contribution >= 0.6 is 0 Å². The smallest absolute Gasteiger partial charge is 0.0759 e. The molecule has 3 heteroatoms. The number of hydrogen-bond acceptors (Lipinski definition) is 3. The topological polar surface area (TPSA) is 30.5 Å². The molecular formula is C13H25NO2. The van der Waals surface area contributed by atoms with Crippen molar-refractivity contribution in [3.8, 4) is 0 Å². The molecule has 0 spiro atoms. The molecule has 94 valence electrons. The van der Waals surface area contributed by atoms with E-state index in [1.165, 1.54) is 19.3 Å². The molecule has 0 amide bonds. The Labute approximate surface area is 98.9 Å². The molecule has 1 saturated heterocycles. The third-order valence-electron chi connectivity index (χ3n) is 3.71. The fourth-order valence-electron chi connectivity index (χ4n) is 2.77. The van der Waals surface area contributed by atoms with Gasteiger partial charge >= 0.3 is 0 Å². The van der Waals surface area contributed by atoms with Gasteiger partial charge in [0.1, 0.15) is 0 Å². The van der Waals surface area contributed by atoms with E-state index in [-0.39, 0.29) is 0 Å². The van der Waals surface area contributed by atoms with Crippen LogP contribution in [0.1, 0.15) is 33.1 Å². The maximum Gasteiger partial charge on any atom is 0.0759 e. The number of rotatable bonds is 7. The van der Waals surface area contributed by atoms with E-state index in [1.807, 2.05) is 0 Å². The van der Waals surface area contributed by atoms with Crippen molar-refractivity contribution >= 4 is 0 Å². The molecule has 1 aliphatic heterocycles. The average Bonchev–Trinajstić information content (AvgIpc) is 2.99. The van der Waals surface area contributed by atoms with Gasteiger partial charge in [-0.1, -0.05) is 6.92 Å². The molecule has 0 aromatic carbocycles. The summed E-state index contributed by atoms with van der Waals surface area (Å²) in [5.74, 6) is 1.45. The Morgan fingerprint density at radius 2 is 2.06 bits per heavy atom. The van der Waals surface area contributed by atoms with Crippen LogP contribution in [0.5, 0.6) is 0 Å². The van der Waals surface area contributed by atoms with E-state index in [1.54, 1.807) is 0 Å². The summed E-state index contributed by atoms with van der Waals surface area (Å²) in [4.78, 5) is 0. The predicted molar refractivity (Wildman–Crippen MR) is 64.5 cm³/mol. The largest absolute Gasteiger partial charge is 0.381 e. The first-order valence-corrected chi connectivity index (χ1v) is 6.79. The minimum absolute atomic E-state index is 0.414. The lowest BCUT2D eigenvalue weighted by molar-refractivity contribution is 0.00175. The van der Waals surface area contributed by atoms with Gasteiger partial charge in [-0.2, -0.15) is 0 Å². The molecular weight excluding hydrogens is 202 g/mol. The summed E-state index contributed by atoms with van der Waals surface area (Å²) in [6.45, 7) is 7.97. The number of ether oxygens (including phenoxy) is 2. The first kappa shape index (κ1) is 12.3. The van der Waals surface area contributed by atoms with Crippen LogP contribution in [0.15, 0.2) is 0 Å². The molecule has 1 heterocycles. The highest BCUT2D eigenvalue weighted by Crippen LogP contribution is 2.38. The zero-order valence-electron chi connectivity index (χ0n) is 10.6. The van der Waals surface area contributed by atoms with Crippen LogP contribution in [-0.4, -0.2) is 38.5 Å². The Bertz CT molecular complexity index is 200. The highest BCUT2D eigenvalue weighted by Gasteiger charge is 2.41. The standard InChI is InChI=1S/C13H25NO2/c1-3-14-12(11-7-8-15-9-11)13(16-4-2)10-5-6-10/h10-14H,3-9H2,1-2H3. The molecule has 0 aromatic heterocycles. The highest BCUT2D eigenvalue weighted by atomic mass is 16.5. The summed E-state index contributed by atoms with van der Waals surface area (Å²) in [6, 6.07) is 0.500. The summed E-state index contributed by atoms with van der Waals surface area (Å²) in [7, 11) is 0. The van der Waals surface area contributed by atoms with E-state index in [9.17, 15) is 0 Å². The van der Waals surface area contributed by atoms with Crippen LogP contribution < -0.4 is 5.32 Å². The van der Waals surface area contributed by atoms with Crippen LogP contribution in [0.4, 0.5) is 0 Å². The number of hydrogen-bond donors (Lipinski definition) is 1. The molecule has 16 heavy (non-hydrogen) atoms. The summed E-state index contributed by atoms with van der Waals surface area (Å²) in [5, 5.41) is 3.63. The third-order valence-corrected chi connectivity index (χ3v) is 3.71. The lowest BCUT2D eigenvalue weighted by Gasteiger charge is -2.31. The van der Waals surface area contributed by atoms with Crippen LogP contribution in [0.3, 0.4) is 0 Å². The van der Waals surface area contributed by atoms with Gasteiger partial charge in [-0.15, -0.1) is 0 Å². The first-order valence-electron chi connectivity index (χ1n) is 6.79. The molecule has 1 saturated carbocycles. The molecule has 1 aliphatic carbocycles. The van der Waals surface area contributed by atoms with Crippen molar-refractivity contribution in [2.24, 2.45) is 11.8 Å². The first-order chi connectivity index (χ1) is 7.86. The van der Waals surface area contributed by atoms with Crippen molar-refractivity contribution in [2.75, 3.05) is 26.4 Å². The maximum atomic E-state index is 5.97. The normalized spacial score (nSPS) is 29.2. The number of likely N-dealkylation sites (N-methyl/N-ethyl adjacent to an activating group) is 1. The Hall–Kier alpha value is -0.120. The third kappa shape index (κ3) is 2.96. The van der Waals surface area contributed by atoms with Gasteiger partial charge in [0.15, 0.2) is 0 Å². The Morgan fingerprint density at radius 1 is 1.25 bits per heavy atom. The molecule has 0 aromatic rings. The van der Waals surface area contributed by atoms with Gasteiger partial charge < -0.3 is 14.8 Å². The molecule has 0 bridgehead atoms. The van der Waals surface area contributed by atoms with Crippen LogP contribution in [-0.2, 0) is 9.47 Å². The van der Waals surface area contributed by atoms with Crippen molar-refractivity contribution in [1.29, 1.82) is 0 Å². The summed E-state index contributed by atoms with van der Waals surface area (Å²) < 4.78 is 11.5. The van der Waals surface area contributed by atoms with Crippen molar-refractivity contribution < 1.29 is 9.47 Å². The van der Waals surface area contributed by atoms with Gasteiger partial charge in [-0.3, -0.25) is 0 Å². The second kappa shape index (κ2) is 5.99. The molecule has 3 atom stereocenters. The van der Waals surface area contributed by atoms with Gasteiger partial charge in [0.05, 0.1) is 12.7 Å². The van der Waals surface area contributed by atoms with Gasteiger partial charge in [0.25, 0.3) is 0 Å². The average molecular weight is 227 g/mol. The zero-order chi connectivity index (χ0) is 11.4. The van der Waals surface area contributed by atoms with Gasteiger partial charge in [0, 0.05) is 25.2 Å². The van der Waals surface area contributed by atoms with Gasteiger partial charge in [0.2, 0.25) is 0 Å². The monoisotopic (exact) mass is 227 g/mol. The SMILES string of the molecule is CCNC(C1CCOC1)C(OCC)C1CC1. The molecule has 2 rings (SSSR count). The molecule has 2 fully saturated rings. The Morgan fingerprint density at radius 3 is 2.56 bits per heavy atom. The molecule has 0 radical (unpaired) electrons. The predicted octanol–water partition coefficient (Wildman–Crippen LogP) is 1.82. The van der Waals surface area contributed by atoms with Crippen LogP contribution in [0.2, 0.25) is 0 Å². The van der Waals surface area contributed by atoms with Crippen molar-refractivity contribution in [1.82, 2.24) is 5.32 Å². The Balaban J connectivity index is 1.96. The van der Waals surface area contributed by atoms with Gasteiger partial charge in [-0.05, 0) is 38.6 Å². The van der Waals surface area contributed by atoms with Crippen LogP contribution in [0.25, 0.3) is 0 Å². The number of nitrogens with one attached hydrogen (secondary N) is 1. The minimum Gasteiger partial charge on any atom is -0.381 e. The van der Waals surface area contributed by atoms with E-state index >= 15 is 0 Å². The van der Waals surface area contributed by atoms with E-state index in [2.05, 4.69) is 19.2 Å². The molecule has 2 aliphatic rings. The Kier molecular flexibility index (Phi) is 4.62. The lowest BCUT2D eigenvalue weighted by Crippen LogP contribution is -2.48. The summed E-state index contributed by atoms with van der Waals surface area (Å²) >= 11 is 0. The zero-order valence-corrected chi connectivity index (χ0v) is 10.6. The second-order valence-electron chi connectivity index (χ2n) is 4.96. The highest BCUT2D eigenvalue weighted by molar-refractivity contribution is 4.94. The molecule has 3 unspecified atom stereocenters. The van der Waals surface area contributed by atoms with Crippen molar-refractivity contribution in [2.45, 2.75) is 45.3 Å². The molecule has 3 nitrogen and oxygen atoms in total. The van der Waals surface area contributed by atoms with Crippen molar-refractivity contribution in [3.63, 3.8) is 0 Å². The maximum absolute atomic E-state index is 5.97. The second-order valence-corrected chi connectivity index (χ2v) is 4.96. The van der Waals surface area contributed by atoms with E-state index in [0.29, 0.717) is 18.1 Å². The summed E-state index contributed by atoms with van der Waals surface area (Å²) in [6.07, 6.45) is 4.30. The minimum atomic E-state index is 0.414. The lowest BCUT2D eigenvalue weighted by atomic mass is 9.91. The van der Waals surface area contributed by atoms with E-state index < -0.39 is 0 Å². The summed E-state index contributed by atoms with van der Waals surface area (Å²) in [5.41, 5.74) is 0. The quantitative estimate of drug-likeness (QED) is 0.719. The fourth-order valence-corrected chi connectivity index (χ4v) is 2.77. The van der Waals surface area contributed by atoms with Gasteiger partial charge in [-0.25, -0.2) is 0 Å². The molecule has 1 N–H and O–H groups in total. The van der Waals surface area contributed by atoms with Crippen LogP contribution in [0, 0.1) is 11.8 Å². The van der Waals surface area contributed by atoms with E-state index in [4.69, 9.17) is 9.47 Å². The fraction of sp³-hybridized carbons (Fsp3) is 1.00. The van der Waals surface area contributed by atoms with E-state index in [0.717, 1.165) is 32.3 Å².